The van der Waals surface area contributed by atoms with Gasteiger partial charge in [-0.1, -0.05) is 194 Å². The maximum atomic E-state index is 2.50. The van der Waals surface area contributed by atoms with Gasteiger partial charge in [-0.25, -0.2) is 0 Å². The van der Waals surface area contributed by atoms with E-state index in [1.165, 1.54) is 88.5 Å². The van der Waals surface area contributed by atoms with Crippen molar-refractivity contribution in [1.82, 2.24) is 4.57 Å². The Bertz CT molecular complexity index is 3360. The molecule has 0 aliphatic carbocycles. The zero-order valence-corrected chi connectivity index (χ0v) is 39.2. The van der Waals surface area contributed by atoms with Crippen LogP contribution in [0.4, 0.5) is 0 Å². The van der Waals surface area contributed by atoms with E-state index in [-0.39, 0.29) is 0 Å². The summed E-state index contributed by atoms with van der Waals surface area (Å²) < 4.78 is 2.50. The normalized spacial score (nSPS) is 11.5. The Morgan fingerprint density at radius 1 is 0.269 bits per heavy atom. The van der Waals surface area contributed by atoms with Crippen molar-refractivity contribution in [2.45, 2.75) is 19.6 Å². The second-order valence-corrected chi connectivity index (χ2v) is 23.7. The van der Waals surface area contributed by atoms with Gasteiger partial charge in [0, 0.05) is 16.6 Å². The van der Waals surface area contributed by atoms with Crippen molar-refractivity contribution in [3.63, 3.8) is 0 Å². The van der Waals surface area contributed by atoms with Crippen molar-refractivity contribution in [3.05, 3.63) is 255 Å². The van der Waals surface area contributed by atoms with E-state index in [2.05, 4.69) is 279 Å². The summed E-state index contributed by atoms with van der Waals surface area (Å²) >= 11 is 0. The van der Waals surface area contributed by atoms with Gasteiger partial charge in [0.15, 0.2) is 0 Å². The summed E-state index contributed by atoms with van der Waals surface area (Å²) in [5, 5.41) is 2.67. The van der Waals surface area contributed by atoms with Crippen LogP contribution in [-0.2, 0) is 0 Å². The van der Waals surface area contributed by atoms with Gasteiger partial charge in [-0.05, 0) is 139 Å². The van der Waals surface area contributed by atoms with E-state index in [1.54, 1.807) is 0 Å². The fourth-order valence-electron chi connectivity index (χ4n) is 9.62. The molecular weight excluding hydrogens is 823 g/mol. The Morgan fingerprint density at radius 3 is 1.00 bits per heavy atom. The molecule has 11 aromatic rings. The van der Waals surface area contributed by atoms with Gasteiger partial charge >= 0.3 is 0 Å². The van der Waals surface area contributed by atoms with Crippen LogP contribution >= 0.6 is 0 Å². The zero-order valence-electron chi connectivity index (χ0n) is 38.2. The standard InChI is InChI=1S/C65H51NSi/c1-67(2,3)61-36-31-51(32-37-61)50-29-34-60(35-30-50)66-63-38-33-53(58-41-54(46-19-9-4-10-20-46)39-55(42-58)47-21-11-5-12-22-47)45-62(63)64(65(66)52-27-17-8-18-28-52)59-43-56(48-23-13-6-14-24-48)40-57(44-59)49-25-15-7-16-26-49/h4-45H,1-3H3/q-1. The fraction of sp³-hybridized carbons (Fsp3) is 0.0462. The summed E-state index contributed by atoms with van der Waals surface area (Å²) in [6.07, 6.45) is 0. The first-order valence-electron chi connectivity index (χ1n) is 23.3. The monoisotopic (exact) mass is 873 g/mol. The topological polar surface area (TPSA) is 4.93 Å². The lowest BCUT2D eigenvalue weighted by molar-refractivity contribution is 1.14. The molecule has 0 radical (unpaired) electrons. The number of aromatic nitrogens is 1. The molecule has 10 aromatic carbocycles. The van der Waals surface area contributed by atoms with Gasteiger partial charge in [0.2, 0.25) is 0 Å². The average Bonchev–Trinajstić information content (AvgIpc) is 3.74. The molecule has 0 bridgehead atoms. The summed E-state index contributed by atoms with van der Waals surface area (Å²) in [6, 6.07) is 93.8. The van der Waals surface area contributed by atoms with Crippen LogP contribution in [0.5, 0.6) is 0 Å². The molecule has 0 aliphatic rings. The van der Waals surface area contributed by atoms with Gasteiger partial charge in [-0.3, -0.25) is 0 Å². The van der Waals surface area contributed by atoms with Crippen LogP contribution in [0.15, 0.2) is 255 Å². The summed E-state index contributed by atoms with van der Waals surface area (Å²) in [5.74, 6) is 0. The number of fused-ring (bicyclic) bond motifs is 1. The second-order valence-electron chi connectivity index (χ2n) is 18.6. The third kappa shape index (κ3) is 8.40. The van der Waals surface area contributed by atoms with Crippen LogP contribution in [0, 0.1) is 0 Å². The molecule has 0 fully saturated rings. The molecule has 1 nitrogen and oxygen atoms in total. The van der Waals surface area contributed by atoms with Crippen molar-refractivity contribution in [2.24, 2.45) is 0 Å². The van der Waals surface area contributed by atoms with Gasteiger partial charge in [0.1, 0.15) is 0 Å². The van der Waals surface area contributed by atoms with Crippen LogP contribution in [0.3, 0.4) is 0 Å². The Balaban J connectivity index is 1.19. The largest absolute Gasteiger partial charge is 0.309 e. The molecule has 0 aliphatic heterocycles. The molecule has 0 amide bonds. The number of nitrogens with zero attached hydrogens (tertiary/aromatic N) is 1. The number of hydrogen-bond acceptors (Lipinski definition) is 0. The lowest BCUT2D eigenvalue weighted by Crippen LogP contribution is -2.37. The van der Waals surface area contributed by atoms with E-state index in [4.69, 9.17) is 0 Å². The first-order valence-corrected chi connectivity index (χ1v) is 26.8. The van der Waals surface area contributed by atoms with Gasteiger partial charge in [0.25, 0.3) is 0 Å². The molecule has 0 spiro atoms. The second kappa shape index (κ2) is 17.7. The van der Waals surface area contributed by atoms with Crippen molar-refractivity contribution < 1.29 is 0 Å². The van der Waals surface area contributed by atoms with E-state index >= 15 is 0 Å². The van der Waals surface area contributed by atoms with Gasteiger partial charge < -0.3 is 4.57 Å². The highest BCUT2D eigenvalue weighted by molar-refractivity contribution is 6.88. The van der Waals surface area contributed by atoms with E-state index in [0.29, 0.717) is 0 Å². The van der Waals surface area contributed by atoms with Crippen LogP contribution in [0.1, 0.15) is 0 Å². The SMILES string of the molecule is C[Si-](C)(C)c1ccc(-c2ccc(-n3c(-c4ccccc4)c(-c4cc(-c5ccccc5)cc(-c5ccccc5)c4)c4cc(-c5cc(-c6ccccc6)cc(-c6ccccc6)c5)ccc43)cc2)cc1. The van der Waals surface area contributed by atoms with Crippen LogP contribution in [-0.4, -0.2) is 12.6 Å². The Labute approximate surface area is 396 Å². The van der Waals surface area contributed by atoms with Crippen molar-refractivity contribution >= 4 is 24.2 Å². The smallest absolute Gasteiger partial charge is 0.0619 e. The third-order valence-electron chi connectivity index (χ3n) is 13.1. The van der Waals surface area contributed by atoms with Gasteiger partial charge in [-0.15, -0.1) is 8.07 Å². The molecule has 0 saturated carbocycles. The minimum absolute atomic E-state index is 1.12. The first kappa shape index (κ1) is 41.6. The average molecular weight is 874 g/mol. The molecule has 2 heteroatoms. The minimum atomic E-state index is -1.41. The maximum Gasteiger partial charge on any atom is 0.0619 e. The van der Waals surface area contributed by atoms with Gasteiger partial charge in [0.05, 0.1) is 11.2 Å². The van der Waals surface area contributed by atoms with E-state index in [9.17, 15) is 0 Å². The Morgan fingerprint density at radius 2 is 0.597 bits per heavy atom. The predicted molar refractivity (Wildman–Crippen MR) is 290 cm³/mol. The maximum absolute atomic E-state index is 2.50. The summed E-state index contributed by atoms with van der Waals surface area (Å²) in [7, 11) is -1.41. The summed E-state index contributed by atoms with van der Waals surface area (Å²) in [4.78, 5) is 0. The molecule has 321 valence electrons. The summed E-state index contributed by atoms with van der Waals surface area (Å²) in [6.45, 7) is 7.22. The molecule has 0 saturated heterocycles. The molecule has 67 heavy (non-hydrogen) atoms. The molecule has 0 atom stereocenters. The molecule has 1 heterocycles. The molecule has 0 unspecified atom stereocenters. The van der Waals surface area contributed by atoms with Crippen molar-refractivity contribution in [3.8, 4) is 94.8 Å². The first-order chi connectivity index (χ1) is 32.8. The summed E-state index contributed by atoms with van der Waals surface area (Å²) in [5.41, 5.74) is 21.3. The van der Waals surface area contributed by atoms with Crippen molar-refractivity contribution in [1.29, 1.82) is 0 Å². The van der Waals surface area contributed by atoms with E-state index in [0.717, 1.165) is 22.5 Å². The van der Waals surface area contributed by atoms with Gasteiger partial charge in [-0.2, -0.15) is 24.8 Å². The van der Waals surface area contributed by atoms with Crippen LogP contribution in [0.2, 0.25) is 19.6 Å². The fourth-order valence-corrected chi connectivity index (χ4v) is 10.8. The molecule has 11 rings (SSSR count). The number of rotatable bonds is 10. The van der Waals surface area contributed by atoms with E-state index < -0.39 is 8.07 Å². The third-order valence-corrected chi connectivity index (χ3v) is 15.2. The quantitative estimate of drug-likeness (QED) is 0.121. The number of benzene rings is 10. The molecule has 1 aromatic heterocycles. The molecule has 0 N–H and O–H groups in total. The highest BCUT2D eigenvalue weighted by atomic mass is 28.3. The highest BCUT2D eigenvalue weighted by Crippen LogP contribution is 2.47. The molecular formula is C65H51NSi-. The lowest BCUT2D eigenvalue weighted by atomic mass is 9.90. The Kier molecular flexibility index (Phi) is 11.0. The Hall–Kier alpha value is -8.04. The minimum Gasteiger partial charge on any atom is -0.309 e. The number of hydrogen-bond donors (Lipinski definition) is 0. The lowest BCUT2D eigenvalue weighted by Gasteiger charge is -2.29. The van der Waals surface area contributed by atoms with Crippen molar-refractivity contribution in [2.75, 3.05) is 0 Å². The predicted octanol–water partition coefficient (Wildman–Crippen LogP) is 17.5. The highest BCUT2D eigenvalue weighted by Gasteiger charge is 2.24. The van der Waals surface area contributed by atoms with Crippen LogP contribution in [0.25, 0.3) is 106 Å². The van der Waals surface area contributed by atoms with E-state index in [1.807, 2.05) is 0 Å². The van der Waals surface area contributed by atoms with Crippen LogP contribution < -0.4 is 5.19 Å². The zero-order chi connectivity index (χ0) is 45.3.